The fraction of sp³-hybridized carbons (Fsp3) is 0.0909. The van der Waals surface area contributed by atoms with Gasteiger partial charge in [0.25, 0.3) is 0 Å². The highest BCUT2D eigenvalue weighted by atomic mass is 79.9. The molecule has 0 saturated carbocycles. The molecule has 1 aromatic heterocycles. The van der Waals surface area contributed by atoms with Gasteiger partial charge in [0.2, 0.25) is 4.67 Å². The van der Waals surface area contributed by atoms with Crippen LogP contribution in [0.2, 0.25) is 0 Å². The van der Waals surface area contributed by atoms with Crippen LogP contribution in [0.1, 0.15) is 15.9 Å². The van der Waals surface area contributed by atoms with Crippen LogP contribution in [0.25, 0.3) is 11.3 Å². The average molecular weight is 282 g/mol. The second kappa shape index (κ2) is 4.09. The zero-order valence-electron chi connectivity index (χ0n) is 8.40. The zero-order valence-corrected chi connectivity index (χ0v) is 9.98. The van der Waals surface area contributed by atoms with Crippen molar-refractivity contribution in [3.63, 3.8) is 0 Å². The van der Waals surface area contributed by atoms with Gasteiger partial charge < -0.3 is 9.63 Å². The lowest BCUT2D eigenvalue weighted by molar-refractivity contribution is 0.0695. The van der Waals surface area contributed by atoms with E-state index in [1.807, 2.05) is 31.2 Å². The van der Waals surface area contributed by atoms with Crippen molar-refractivity contribution in [1.82, 2.24) is 5.16 Å². The summed E-state index contributed by atoms with van der Waals surface area (Å²) in [4.78, 5) is 11.1. The van der Waals surface area contributed by atoms with E-state index in [-0.39, 0.29) is 10.2 Å². The first-order chi connectivity index (χ1) is 7.61. The molecule has 0 saturated heterocycles. The molecule has 1 N–H and O–H groups in total. The van der Waals surface area contributed by atoms with Crippen molar-refractivity contribution in [2.75, 3.05) is 0 Å². The normalized spacial score (nSPS) is 10.4. The van der Waals surface area contributed by atoms with E-state index in [0.717, 1.165) is 11.1 Å². The van der Waals surface area contributed by atoms with Crippen LogP contribution in [-0.4, -0.2) is 16.2 Å². The molecule has 2 rings (SSSR count). The molecule has 0 fully saturated rings. The minimum absolute atomic E-state index is 0.0503. The number of hydrogen-bond donors (Lipinski definition) is 1. The Morgan fingerprint density at radius 1 is 1.44 bits per heavy atom. The van der Waals surface area contributed by atoms with Gasteiger partial charge in [0.05, 0.1) is 0 Å². The molecule has 0 amide bonds. The van der Waals surface area contributed by atoms with Crippen LogP contribution in [0.15, 0.2) is 33.5 Å². The molecular weight excluding hydrogens is 274 g/mol. The first-order valence-electron chi connectivity index (χ1n) is 4.55. The number of carboxylic acid groups (broad SMARTS) is 1. The van der Waals surface area contributed by atoms with Crippen LogP contribution < -0.4 is 0 Å². The Bertz CT molecular complexity index is 548. The van der Waals surface area contributed by atoms with Gasteiger partial charge in [0.15, 0.2) is 0 Å². The Hall–Kier alpha value is -1.62. The maximum atomic E-state index is 11.1. The van der Waals surface area contributed by atoms with Crippen LogP contribution in [0, 0.1) is 6.92 Å². The molecular formula is C11H8BrNO3. The van der Waals surface area contributed by atoms with Gasteiger partial charge in [-0.1, -0.05) is 29.4 Å². The summed E-state index contributed by atoms with van der Waals surface area (Å²) in [7, 11) is 0. The van der Waals surface area contributed by atoms with Crippen molar-refractivity contribution in [2.45, 2.75) is 6.92 Å². The molecule has 0 atom stereocenters. The largest absolute Gasteiger partial charge is 0.477 e. The van der Waals surface area contributed by atoms with Crippen molar-refractivity contribution in [3.8, 4) is 11.3 Å². The van der Waals surface area contributed by atoms with Crippen LogP contribution in [0.3, 0.4) is 0 Å². The summed E-state index contributed by atoms with van der Waals surface area (Å²) < 4.78 is 4.99. The molecule has 0 aliphatic rings. The van der Waals surface area contributed by atoms with Gasteiger partial charge in [-0.25, -0.2) is 4.79 Å². The zero-order chi connectivity index (χ0) is 11.7. The molecule has 4 nitrogen and oxygen atoms in total. The van der Waals surface area contributed by atoms with Crippen LogP contribution in [-0.2, 0) is 0 Å². The minimum Gasteiger partial charge on any atom is -0.477 e. The van der Waals surface area contributed by atoms with Crippen LogP contribution in [0.4, 0.5) is 0 Å². The van der Waals surface area contributed by atoms with E-state index in [0.29, 0.717) is 5.69 Å². The molecule has 0 spiro atoms. The van der Waals surface area contributed by atoms with E-state index < -0.39 is 5.97 Å². The highest BCUT2D eigenvalue weighted by Crippen LogP contribution is 2.30. The molecule has 16 heavy (non-hydrogen) atoms. The summed E-state index contributed by atoms with van der Waals surface area (Å²) >= 11 is 3.03. The summed E-state index contributed by atoms with van der Waals surface area (Å²) in [5, 5.41) is 12.8. The molecule has 1 heterocycles. The quantitative estimate of drug-likeness (QED) is 0.919. The minimum atomic E-state index is -1.06. The van der Waals surface area contributed by atoms with Crippen molar-refractivity contribution < 1.29 is 14.4 Å². The Balaban J connectivity index is 2.66. The monoisotopic (exact) mass is 281 g/mol. The molecule has 0 bridgehead atoms. The first kappa shape index (κ1) is 10.9. The number of benzene rings is 1. The predicted octanol–water partition coefficient (Wildman–Crippen LogP) is 3.11. The van der Waals surface area contributed by atoms with E-state index in [1.54, 1.807) is 0 Å². The summed E-state index contributed by atoms with van der Waals surface area (Å²) in [6, 6.07) is 7.42. The van der Waals surface area contributed by atoms with Gasteiger partial charge in [0, 0.05) is 5.56 Å². The molecule has 2 aromatic rings. The molecule has 0 aliphatic heterocycles. The van der Waals surface area contributed by atoms with E-state index in [2.05, 4.69) is 21.1 Å². The number of carboxylic acids is 1. The lowest BCUT2D eigenvalue weighted by atomic mass is 10.0. The summed E-state index contributed by atoms with van der Waals surface area (Å²) in [6.45, 7) is 1.89. The third kappa shape index (κ3) is 1.74. The lowest BCUT2D eigenvalue weighted by Crippen LogP contribution is -1.98. The van der Waals surface area contributed by atoms with Crippen molar-refractivity contribution >= 4 is 21.9 Å². The highest BCUT2D eigenvalue weighted by Gasteiger charge is 2.22. The number of aryl methyl sites for hydroxylation is 1. The molecule has 82 valence electrons. The number of hydrogen-bond acceptors (Lipinski definition) is 3. The van der Waals surface area contributed by atoms with Crippen LogP contribution >= 0.6 is 15.9 Å². The molecule has 5 heteroatoms. The Labute approximate surface area is 100 Å². The number of nitrogens with zero attached hydrogens (tertiary/aromatic N) is 1. The standard InChI is InChI=1S/C11H8BrNO3/c1-6-4-2-3-5-7(6)9-8(11(14)15)10(12)16-13-9/h2-5H,1H3,(H,14,15). The topological polar surface area (TPSA) is 63.3 Å². The van der Waals surface area contributed by atoms with E-state index in [9.17, 15) is 4.79 Å². The van der Waals surface area contributed by atoms with E-state index >= 15 is 0 Å². The smallest absolute Gasteiger partial charge is 0.342 e. The second-order valence-corrected chi connectivity index (χ2v) is 4.02. The number of carbonyl (C=O) groups is 1. The van der Waals surface area contributed by atoms with Crippen molar-refractivity contribution in [1.29, 1.82) is 0 Å². The predicted molar refractivity (Wildman–Crippen MR) is 61.3 cm³/mol. The SMILES string of the molecule is Cc1ccccc1-c1noc(Br)c1C(=O)O. The number of halogens is 1. The van der Waals surface area contributed by atoms with Gasteiger partial charge in [-0.2, -0.15) is 0 Å². The molecule has 0 unspecified atom stereocenters. The maximum absolute atomic E-state index is 11.1. The van der Waals surface area contributed by atoms with Gasteiger partial charge in [0.1, 0.15) is 11.3 Å². The average Bonchev–Trinajstić information content (AvgIpc) is 2.61. The number of aromatic nitrogens is 1. The van der Waals surface area contributed by atoms with E-state index in [1.165, 1.54) is 0 Å². The number of aromatic carboxylic acids is 1. The molecule has 0 aliphatic carbocycles. The maximum Gasteiger partial charge on any atom is 0.342 e. The van der Waals surface area contributed by atoms with E-state index in [4.69, 9.17) is 9.63 Å². The Kier molecular flexibility index (Phi) is 2.78. The fourth-order valence-electron chi connectivity index (χ4n) is 1.48. The van der Waals surface area contributed by atoms with Gasteiger partial charge in [-0.15, -0.1) is 0 Å². The van der Waals surface area contributed by atoms with Crippen molar-refractivity contribution in [3.05, 3.63) is 40.1 Å². The summed E-state index contributed by atoms with van der Waals surface area (Å²) in [6.07, 6.45) is 0. The van der Waals surface area contributed by atoms with Gasteiger partial charge >= 0.3 is 5.97 Å². The molecule has 1 aromatic carbocycles. The first-order valence-corrected chi connectivity index (χ1v) is 5.35. The van der Waals surface area contributed by atoms with Gasteiger partial charge in [-0.05, 0) is 28.4 Å². The molecule has 0 radical (unpaired) electrons. The lowest BCUT2D eigenvalue weighted by Gasteiger charge is -2.01. The van der Waals surface area contributed by atoms with Crippen molar-refractivity contribution in [2.24, 2.45) is 0 Å². The second-order valence-electron chi connectivity index (χ2n) is 3.30. The Morgan fingerprint density at radius 2 is 2.12 bits per heavy atom. The summed E-state index contributed by atoms with van der Waals surface area (Å²) in [5.74, 6) is -1.06. The van der Waals surface area contributed by atoms with Crippen LogP contribution in [0.5, 0.6) is 0 Å². The fourth-order valence-corrected chi connectivity index (χ4v) is 1.91. The highest BCUT2D eigenvalue weighted by molar-refractivity contribution is 9.10. The van der Waals surface area contributed by atoms with Gasteiger partial charge in [-0.3, -0.25) is 0 Å². The Morgan fingerprint density at radius 3 is 2.75 bits per heavy atom. The summed E-state index contributed by atoms with van der Waals surface area (Å²) in [5.41, 5.74) is 2.10. The third-order valence-corrected chi connectivity index (χ3v) is 2.81. The number of rotatable bonds is 2. The third-order valence-electron chi connectivity index (χ3n) is 2.26.